The second-order valence-electron chi connectivity index (χ2n) is 2.56. The first-order valence-corrected chi connectivity index (χ1v) is 4.09. The average molecular weight is 154 g/mol. The number of ether oxygens (including phenoxy) is 1. The second kappa shape index (κ2) is 5.00. The van der Waals surface area contributed by atoms with Crippen LogP contribution in [0.15, 0.2) is 23.5 Å². The van der Waals surface area contributed by atoms with Gasteiger partial charge in [0.05, 0.1) is 12.9 Å². The summed E-state index contributed by atoms with van der Waals surface area (Å²) in [5.41, 5.74) is 2.38. The van der Waals surface area contributed by atoms with E-state index >= 15 is 0 Å². The van der Waals surface area contributed by atoms with Crippen LogP contribution in [-0.2, 0) is 4.74 Å². The molecule has 0 unspecified atom stereocenters. The van der Waals surface area contributed by atoms with Crippen molar-refractivity contribution in [1.29, 1.82) is 0 Å². The van der Waals surface area contributed by atoms with E-state index in [1.165, 1.54) is 11.1 Å². The molecule has 11 heavy (non-hydrogen) atoms. The summed E-state index contributed by atoms with van der Waals surface area (Å²) >= 11 is 0. The minimum atomic E-state index is 0.946. The largest absolute Gasteiger partial charge is 0.501 e. The van der Waals surface area contributed by atoms with Gasteiger partial charge in [-0.15, -0.1) is 0 Å². The molecule has 0 radical (unpaired) electrons. The molecule has 0 saturated heterocycles. The van der Waals surface area contributed by atoms with E-state index in [4.69, 9.17) is 4.74 Å². The van der Waals surface area contributed by atoms with Crippen LogP contribution in [0, 0.1) is 0 Å². The molecule has 0 rings (SSSR count). The third-order valence-electron chi connectivity index (χ3n) is 1.94. The van der Waals surface area contributed by atoms with Gasteiger partial charge in [-0.3, -0.25) is 0 Å². The van der Waals surface area contributed by atoms with Crippen LogP contribution >= 0.6 is 0 Å². The summed E-state index contributed by atoms with van der Waals surface area (Å²) in [5, 5.41) is 0. The molecule has 0 saturated carbocycles. The molecule has 1 heteroatoms. The molecule has 0 aromatic heterocycles. The van der Waals surface area contributed by atoms with Crippen molar-refractivity contribution in [2.75, 3.05) is 7.11 Å². The van der Waals surface area contributed by atoms with Crippen molar-refractivity contribution in [3.63, 3.8) is 0 Å². The predicted octanol–water partition coefficient (Wildman–Crippen LogP) is 3.28. The minimum Gasteiger partial charge on any atom is -0.501 e. The van der Waals surface area contributed by atoms with Crippen LogP contribution in [0.1, 0.15) is 33.6 Å². The Labute approximate surface area is 69.8 Å². The topological polar surface area (TPSA) is 9.23 Å². The summed E-state index contributed by atoms with van der Waals surface area (Å²) in [6.07, 6.45) is 1.94. The smallest absolute Gasteiger partial charge is 0.0984 e. The molecule has 0 atom stereocenters. The Morgan fingerprint density at radius 2 is 1.82 bits per heavy atom. The van der Waals surface area contributed by atoms with Crippen LogP contribution in [0.5, 0.6) is 0 Å². The predicted molar refractivity (Wildman–Crippen MR) is 49.4 cm³/mol. The van der Waals surface area contributed by atoms with E-state index in [9.17, 15) is 0 Å². The Hall–Kier alpha value is -0.720. The summed E-state index contributed by atoms with van der Waals surface area (Å²) in [7, 11) is 1.71. The van der Waals surface area contributed by atoms with Crippen molar-refractivity contribution in [1.82, 2.24) is 0 Å². The van der Waals surface area contributed by atoms with Crippen LogP contribution in [-0.4, -0.2) is 7.11 Å². The standard InChI is InChI=1S/C10H18O/c1-6-8(3)9(4)10(7-2)11-5/h3,6-7H2,1-2,4-5H3. The Bertz CT molecular complexity index is 160. The third kappa shape index (κ3) is 2.79. The van der Waals surface area contributed by atoms with Crippen molar-refractivity contribution < 1.29 is 4.74 Å². The molecule has 0 spiro atoms. The van der Waals surface area contributed by atoms with Gasteiger partial charge in [-0.05, 0) is 24.5 Å². The molecule has 0 aliphatic heterocycles. The SMILES string of the molecule is C=C(CC)C(C)=C(CC)OC. The lowest BCUT2D eigenvalue weighted by atomic mass is 10.1. The summed E-state index contributed by atoms with van der Waals surface area (Å²) in [5.74, 6) is 1.05. The van der Waals surface area contributed by atoms with Gasteiger partial charge in [0.15, 0.2) is 0 Å². The average Bonchev–Trinajstić information content (AvgIpc) is 2.05. The molecular weight excluding hydrogens is 136 g/mol. The van der Waals surface area contributed by atoms with Gasteiger partial charge in [0, 0.05) is 6.42 Å². The van der Waals surface area contributed by atoms with Gasteiger partial charge in [-0.25, -0.2) is 0 Å². The number of hydrogen-bond acceptors (Lipinski definition) is 1. The lowest BCUT2D eigenvalue weighted by Crippen LogP contribution is -1.92. The Balaban J connectivity index is 4.46. The van der Waals surface area contributed by atoms with Crippen LogP contribution in [0.25, 0.3) is 0 Å². The summed E-state index contributed by atoms with van der Waals surface area (Å²) in [4.78, 5) is 0. The third-order valence-corrected chi connectivity index (χ3v) is 1.94. The zero-order valence-electron chi connectivity index (χ0n) is 8.03. The first-order valence-electron chi connectivity index (χ1n) is 4.09. The number of methoxy groups -OCH3 is 1. The number of hydrogen-bond donors (Lipinski definition) is 0. The van der Waals surface area contributed by atoms with Crippen molar-refractivity contribution in [3.05, 3.63) is 23.5 Å². The molecule has 0 aliphatic rings. The quantitative estimate of drug-likeness (QED) is 0.446. The lowest BCUT2D eigenvalue weighted by molar-refractivity contribution is 0.276. The maximum Gasteiger partial charge on any atom is 0.0984 e. The van der Waals surface area contributed by atoms with Crippen LogP contribution < -0.4 is 0 Å². The fourth-order valence-electron chi connectivity index (χ4n) is 1.02. The first kappa shape index (κ1) is 10.3. The van der Waals surface area contributed by atoms with E-state index < -0.39 is 0 Å². The normalized spacial score (nSPS) is 12.4. The van der Waals surface area contributed by atoms with Gasteiger partial charge in [0.25, 0.3) is 0 Å². The van der Waals surface area contributed by atoms with Crippen LogP contribution in [0.2, 0.25) is 0 Å². The summed E-state index contributed by atoms with van der Waals surface area (Å²) in [6, 6.07) is 0. The zero-order chi connectivity index (χ0) is 8.85. The van der Waals surface area contributed by atoms with E-state index in [0.717, 1.165) is 18.6 Å². The van der Waals surface area contributed by atoms with E-state index in [1.807, 2.05) is 0 Å². The van der Waals surface area contributed by atoms with Gasteiger partial charge < -0.3 is 4.74 Å². The molecule has 64 valence electrons. The van der Waals surface area contributed by atoms with Gasteiger partial charge in [-0.2, -0.15) is 0 Å². The molecule has 0 aliphatic carbocycles. The van der Waals surface area contributed by atoms with Gasteiger partial charge in [0.1, 0.15) is 0 Å². The van der Waals surface area contributed by atoms with Crippen molar-refractivity contribution >= 4 is 0 Å². The van der Waals surface area contributed by atoms with E-state index in [2.05, 4.69) is 27.4 Å². The molecule has 0 bridgehead atoms. The Kier molecular flexibility index (Phi) is 4.67. The summed E-state index contributed by atoms with van der Waals surface area (Å²) in [6.45, 7) is 10.2. The zero-order valence-corrected chi connectivity index (χ0v) is 8.03. The van der Waals surface area contributed by atoms with Crippen molar-refractivity contribution in [3.8, 4) is 0 Å². The van der Waals surface area contributed by atoms with Gasteiger partial charge in [-0.1, -0.05) is 20.4 Å². The Morgan fingerprint density at radius 1 is 1.27 bits per heavy atom. The highest BCUT2D eigenvalue weighted by atomic mass is 16.5. The van der Waals surface area contributed by atoms with E-state index in [-0.39, 0.29) is 0 Å². The molecule has 0 fully saturated rings. The lowest BCUT2D eigenvalue weighted by Gasteiger charge is -2.09. The van der Waals surface area contributed by atoms with Gasteiger partial charge in [0.2, 0.25) is 0 Å². The number of rotatable bonds is 4. The van der Waals surface area contributed by atoms with E-state index in [0.29, 0.717) is 0 Å². The van der Waals surface area contributed by atoms with E-state index in [1.54, 1.807) is 7.11 Å². The maximum absolute atomic E-state index is 5.20. The molecule has 0 amide bonds. The molecule has 0 aromatic carbocycles. The summed E-state index contributed by atoms with van der Waals surface area (Å²) < 4.78 is 5.20. The van der Waals surface area contributed by atoms with Crippen molar-refractivity contribution in [2.45, 2.75) is 33.6 Å². The van der Waals surface area contributed by atoms with Crippen LogP contribution in [0.4, 0.5) is 0 Å². The van der Waals surface area contributed by atoms with Crippen LogP contribution in [0.3, 0.4) is 0 Å². The molecule has 0 N–H and O–H groups in total. The molecule has 0 aromatic rings. The maximum atomic E-state index is 5.20. The Morgan fingerprint density at radius 3 is 2.09 bits per heavy atom. The fourth-order valence-corrected chi connectivity index (χ4v) is 1.02. The molecule has 1 nitrogen and oxygen atoms in total. The van der Waals surface area contributed by atoms with Gasteiger partial charge >= 0.3 is 0 Å². The first-order chi connectivity index (χ1) is 5.17. The fraction of sp³-hybridized carbons (Fsp3) is 0.600. The second-order valence-corrected chi connectivity index (χ2v) is 2.56. The highest BCUT2D eigenvalue weighted by Crippen LogP contribution is 2.17. The highest BCUT2D eigenvalue weighted by molar-refractivity contribution is 5.28. The minimum absolute atomic E-state index is 0.946. The van der Waals surface area contributed by atoms with Crippen molar-refractivity contribution in [2.24, 2.45) is 0 Å². The monoisotopic (exact) mass is 154 g/mol. The highest BCUT2D eigenvalue weighted by Gasteiger charge is 2.01. The molecule has 0 heterocycles. The number of allylic oxidation sites excluding steroid dienone is 3. The molecular formula is C10H18O.